The quantitative estimate of drug-likeness (QED) is 0.314. The average molecular weight is 524 g/mol. The van der Waals surface area contributed by atoms with Crippen LogP contribution < -0.4 is 15.6 Å². The first kappa shape index (κ1) is 25.7. The van der Waals surface area contributed by atoms with Gasteiger partial charge in [0.15, 0.2) is 0 Å². The van der Waals surface area contributed by atoms with Crippen LogP contribution in [0.4, 0.5) is 16.2 Å². The minimum atomic E-state index is -1.14. The summed E-state index contributed by atoms with van der Waals surface area (Å²) in [5.41, 5.74) is 6.13. The number of rotatable bonds is 5. The van der Waals surface area contributed by atoms with E-state index in [1.165, 1.54) is 10.7 Å². The molecule has 1 aliphatic rings. The summed E-state index contributed by atoms with van der Waals surface area (Å²) in [6, 6.07) is 17.6. The second-order valence-electron chi connectivity index (χ2n) is 10.4. The van der Waals surface area contributed by atoms with E-state index >= 15 is 0 Å². The molecule has 0 unspecified atom stereocenters. The van der Waals surface area contributed by atoms with Gasteiger partial charge in [0.1, 0.15) is 5.69 Å². The number of benzene rings is 2. The Hall–Kier alpha value is -4.92. The van der Waals surface area contributed by atoms with Crippen molar-refractivity contribution in [3.05, 3.63) is 96.1 Å². The Morgan fingerprint density at radius 1 is 0.949 bits per heavy atom. The molecular weight excluding hydrogens is 494 g/mol. The Balaban J connectivity index is 1.43. The second-order valence-corrected chi connectivity index (χ2v) is 10.4. The molecule has 5 rings (SSSR count). The number of hydrogen-bond acceptors (Lipinski definition) is 4. The highest BCUT2D eigenvalue weighted by atomic mass is 16.4. The number of nitrogens with zero attached hydrogens (tertiary/aromatic N) is 3. The van der Waals surface area contributed by atoms with Crippen molar-refractivity contribution in [3.63, 3.8) is 0 Å². The van der Waals surface area contributed by atoms with E-state index in [0.29, 0.717) is 24.3 Å². The Morgan fingerprint density at radius 2 is 1.67 bits per heavy atom. The van der Waals surface area contributed by atoms with Crippen molar-refractivity contribution in [2.75, 3.05) is 22.2 Å². The molecule has 3 N–H and O–H groups in total. The van der Waals surface area contributed by atoms with Gasteiger partial charge in [-0.2, -0.15) is 0 Å². The van der Waals surface area contributed by atoms with E-state index in [1.54, 1.807) is 35.5 Å². The second kappa shape index (κ2) is 10.1. The SMILES string of the molecule is CC(C)(C)c1ccc(C(=O)O)n1NC(=O)Nc1ccc(C2=CC(=O)N(c3ccncc3)CC2)c2ccccc12. The van der Waals surface area contributed by atoms with Crippen molar-refractivity contribution in [2.45, 2.75) is 32.6 Å². The predicted molar refractivity (Wildman–Crippen MR) is 152 cm³/mol. The Kier molecular flexibility index (Phi) is 6.66. The zero-order valence-corrected chi connectivity index (χ0v) is 21.9. The lowest BCUT2D eigenvalue weighted by Crippen LogP contribution is -2.34. The summed E-state index contributed by atoms with van der Waals surface area (Å²) < 4.78 is 1.31. The standard InChI is InChI=1S/C30H29N5O4/c1-30(2,3)26-11-10-25(28(37)38)35(26)33-29(39)32-24-9-8-21(22-6-4-5-7-23(22)24)19-14-17-34(27(36)18-19)20-12-15-31-16-13-20/h4-13,15-16,18H,14,17H2,1-3H3,(H,37,38)(H2,32,33,39). The third kappa shape index (κ3) is 5.11. The van der Waals surface area contributed by atoms with E-state index < -0.39 is 17.4 Å². The smallest absolute Gasteiger partial charge is 0.354 e. The lowest BCUT2D eigenvalue weighted by Gasteiger charge is -2.27. The molecule has 0 atom stereocenters. The van der Waals surface area contributed by atoms with Gasteiger partial charge in [-0.05, 0) is 53.3 Å². The molecule has 0 radical (unpaired) electrons. The predicted octanol–water partition coefficient (Wildman–Crippen LogP) is 5.63. The third-order valence-electron chi connectivity index (χ3n) is 6.74. The molecule has 0 bridgehead atoms. The van der Waals surface area contributed by atoms with E-state index in [2.05, 4.69) is 15.7 Å². The van der Waals surface area contributed by atoms with Crippen LogP contribution in [0.5, 0.6) is 0 Å². The molecule has 0 saturated carbocycles. The molecule has 39 heavy (non-hydrogen) atoms. The molecule has 2 aromatic heterocycles. The summed E-state index contributed by atoms with van der Waals surface area (Å²) in [6.45, 7) is 6.37. The van der Waals surface area contributed by atoms with E-state index in [4.69, 9.17) is 0 Å². The highest BCUT2D eigenvalue weighted by molar-refractivity contribution is 6.12. The maximum absolute atomic E-state index is 13.1. The first-order valence-corrected chi connectivity index (χ1v) is 12.6. The molecule has 9 nitrogen and oxygen atoms in total. The molecule has 0 fully saturated rings. The lowest BCUT2D eigenvalue weighted by atomic mass is 9.92. The van der Waals surface area contributed by atoms with E-state index in [1.807, 2.05) is 63.2 Å². The fourth-order valence-electron chi connectivity index (χ4n) is 4.88. The van der Waals surface area contributed by atoms with E-state index in [9.17, 15) is 19.5 Å². The normalized spacial score (nSPS) is 13.8. The number of carboxylic acids is 1. The maximum Gasteiger partial charge on any atom is 0.354 e. The van der Waals surface area contributed by atoms with Crippen molar-refractivity contribution >= 4 is 45.6 Å². The van der Waals surface area contributed by atoms with Crippen LogP contribution in [0.25, 0.3) is 16.3 Å². The van der Waals surface area contributed by atoms with E-state index in [-0.39, 0.29) is 11.6 Å². The van der Waals surface area contributed by atoms with Gasteiger partial charge >= 0.3 is 12.0 Å². The van der Waals surface area contributed by atoms with E-state index in [0.717, 1.165) is 27.6 Å². The minimum Gasteiger partial charge on any atom is -0.477 e. The first-order chi connectivity index (χ1) is 18.6. The van der Waals surface area contributed by atoms with Crippen LogP contribution in [0, 0.1) is 0 Å². The summed E-state index contributed by atoms with van der Waals surface area (Å²) >= 11 is 0. The number of hydrogen-bond donors (Lipinski definition) is 3. The molecule has 2 aromatic carbocycles. The van der Waals surface area contributed by atoms with Crippen molar-refractivity contribution in [1.29, 1.82) is 0 Å². The maximum atomic E-state index is 13.1. The van der Waals surface area contributed by atoms with Crippen LogP contribution in [0.2, 0.25) is 0 Å². The summed E-state index contributed by atoms with van der Waals surface area (Å²) in [7, 11) is 0. The topological polar surface area (TPSA) is 117 Å². The fourth-order valence-corrected chi connectivity index (χ4v) is 4.88. The highest BCUT2D eigenvalue weighted by Crippen LogP contribution is 2.34. The van der Waals surface area contributed by atoms with Crippen LogP contribution in [-0.4, -0.2) is 39.2 Å². The monoisotopic (exact) mass is 523 g/mol. The number of carboxylic acid groups (broad SMARTS) is 1. The van der Waals surface area contributed by atoms with Gasteiger partial charge in [-0.15, -0.1) is 0 Å². The van der Waals surface area contributed by atoms with Crippen LogP contribution in [0.3, 0.4) is 0 Å². The zero-order valence-electron chi connectivity index (χ0n) is 21.9. The summed E-state index contributed by atoms with van der Waals surface area (Å²) in [6.07, 6.45) is 5.67. The number of fused-ring (bicyclic) bond motifs is 1. The number of urea groups is 1. The van der Waals surface area contributed by atoms with Crippen molar-refractivity contribution in [2.24, 2.45) is 0 Å². The molecule has 1 aliphatic heterocycles. The van der Waals surface area contributed by atoms with Crippen LogP contribution >= 0.6 is 0 Å². The molecule has 0 aliphatic carbocycles. The molecule has 9 heteroatoms. The fraction of sp³-hybridized carbons (Fsp3) is 0.200. The molecular formula is C30H29N5O4. The van der Waals surface area contributed by atoms with Gasteiger partial charge in [0.05, 0.1) is 5.69 Å². The number of pyridine rings is 1. The summed E-state index contributed by atoms with van der Waals surface area (Å²) in [5.74, 6) is -1.23. The van der Waals surface area contributed by atoms with Crippen molar-refractivity contribution in [3.8, 4) is 0 Å². The van der Waals surface area contributed by atoms with Gasteiger partial charge in [0.25, 0.3) is 5.91 Å². The van der Waals surface area contributed by atoms with Gasteiger partial charge < -0.3 is 15.3 Å². The van der Waals surface area contributed by atoms with Gasteiger partial charge in [-0.3, -0.25) is 9.78 Å². The number of carbonyl (C=O) groups excluding carboxylic acids is 2. The molecule has 3 amide bonds. The van der Waals surface area contributed by atoms with Gasteiger partial charge in [0.2, 0.25) is 0 Å². The van der Waals surface area contributed by atoms with Crippen LogP contribution in [-0.2, 0) is 10.2 Å². The molecule has 0 spiro atoms. The molecule has 3 heterocycles. The van der Waals surface area contributed by atoms with Crippen molar-refractivity contribution in [1.82, 2.24) is 9.66 Å². The highest BCUT2D eigenvalue weighted by Gasteiger charge is 2.25. The number of aromatic nitrogens is 2. The van der Waals surface area contributed by atoms with Crippen molar-refractivity contribution < 1.29 is 19.5 Å². The minimum absolute atomic E-state index is 0.0370. The molecule has 4 aromatic rings. The largest absolute Gasteiger partial charge is 0.477 e. The average Bonchev–Trinajstić information content (AvgIpc) is 3.34. The van der Waals surface area contributed by atoms with Gasteiger partial charge in [-0.1, -0.05) is 51.1 Å². The van der Waals surface area contributed by atoms with Crippen LogP contribution in [0.1, 0.15) is 48.9 Å². The molecule has 198 valence electrons. The summed E-state index contributed by atoms with van der Waals surface area (Å²) in [5, 5.41) is 14.2. The third-order valence-corrected chi connectivity index (χ3v) is 6.74. The molecule has 0 saturated heterocycles. The number of aromatic carboxylic acids is 1. The zero-order chi connectivity index (χ0) is 27.7. The Bertz CT molecular complexity index is 1620. The number of anilines is 2. The first-order valence-electron chi connectivity index (χ1n) is 12.6. The number of carbonyl (C=O) groups is 3. The Labute approximate surface area is 225 Å². The lowest BCUT2D eigenvalue weighted by molar-refractivity contribution is -0.114. The van der Waals surface area contributed by atoms with Crippen LogP contribution in [0.15, 0.2) is 79.1 Å². The summed E-state index contributed by atoms with van der Waals surface area (Å²) in [4.78, 5) is 43.6. The van der Waals surface area contributed by atoms with Gasteiger partial charge in [0, 0.05) is 47.2 Å². The Morgan fingerprint density at radius 3 is 2.33 bits per heavy atom. The number of amides is 3. The van der Waals surface area contributed by atoms with Gasteiger partial charge in [-0.25, -0.2) is 19.7 Å². The number of nitrogens with one attached hydrogen (secondary N) is 2.